The van der Waals surface area contributed by atoms with Crippen molar-refractivity contribution in [3.05, 3.63) is 130 Å². The largest absolute Gasteiger partial charge is 0.350 e. The summed E-state index contributed by atoms with van der Waals surface area (Å²) in [5, 5.41) is 3.91. The molecule has 1 N–H and O–H groups in total. The van der Waals surface area contributed by atoms with E-state index in [-0.39, 0.29) is 29.5 Å². The maximum atomic E-state index is 14.6. The minimum atomic E-state index is -4.22. The number of anilines is 1. The first-order valence-electron chi connectivity index (χ1n) is 14.5. The Hall–Kier alpha value is -3.85. The van der Waals surface area contributed by atoms with E-state index in [2.05, 4.69) is 5.32 Å². The Morgan fingerprint density at radius 3 is 2.00 bits per heavy atom. The normalized spacial score (nSPS) is 12.3. The van der Waals surface area contributed by atoms with Gasteiger partial charge in [0.25, 0.3) is 10.0 Å². The highest BCUT2D eigenvalue weighted by Crippen LogP contribution is 2.31. The van der Waals surface area contributed by atoms with Crippen molar-refractivity contribution >= 4 is 50.7 Å². The van der Waals surface area contributed by atoms with E-state index in [9.17, 15) is 18.0 Å². The van der Waals surface area contributed by atoms with Gasteiger partial charge >= 0.3 is 0 Å². The van der Waals surface area contributed by atoms with Crippen LogP contribution in [-0.2, 0) is 32.6 Å². The predicted molar refractivity (Wildman–Crippen MR) is 181 cm³/mol. The summed E-state index contributed by atoms with van der Waals surface area (Å²) in [5.41, 5.74) is 1.76. The summed E-state index contributed by atoms with van der Waals surface area (Å²) >= 11 is 12.6. The lowest BCUT2D eigenvalue weighted by atomic mass is 10.0. The minimum absolute atomic E-state index is 0.0211. The van der Waals surface area contributed by atoms with Crippen molar-refractivity contribution in [2.45, 2.75) is 57.1 Å². The number of hydrogen-bond acceptors (Lipinski definition) is 4. The molecule has 0 aliphatic rings. The van der Waals surface area contributed by atoms with E-state index in [1.54, 1.807) is 67.6 Å². The van der Waals surface area contributed by atoms with Gasteiger partial charge in [-0.1, -0.05) is 89.9 Å². The Bertz CT molecular complexity index is 1730. The molecule has 1 atom stereocenters. The molecule has 0 aliphatic heterocycles. The third kappa shape index (κ3) is 8.87. The lowest BCUT2D eigenvalue weighted by Gasteiger charge is -2.35. The van der Waals surface area contributed by atoms with E-state index in [0.29, 0.717) is 15.6 Å². The molecule has 236 valence electrons. The van der Waals surface area contributed by atoms with Gasteiger partial charge in [-0.3, -0.25) is 13.9 Å². The molecular formula is C35H37Cl2N3O4S. The van der Waals surface area contributed by atoms with Crippen molar-refractivity contribution in [1.82, 2.24) is 10.2 Å². The van der Waals surface area contributed by atoms with Crippen LogP contribution < -0.4 is 9.62 Å². The fraction of sp³-hybridized carbons (Fsp3) is 0.257. The molecule has 4 aromatic carbocycles. The third-order valence-corrected chi connectivity index (χ3v) is 9.59. The molecular weight excluding hydrogens is 629 g/mol. The van der Waals surface area contributed by atoms with E-state index < -0.39 is 34.1 Å². The SMILES string of the molecule is Cc1c(Cl)cccc1N(CC(=O)N(Cc1ccc(Cl)cc1)[C@H](Cc1ccccc1)C(=O)NC(C)(C)C)S(=O)(=O)c1ccccc1. The van der Waals surface area contributed by atoms with Crippen molar-refractivity contribution in [2.75, 3.05) is 10.8 Å². The zero-order chi connectivity index (χ0) is 32.8. The van der Waals surface area contributed by atoms with Crippen LogP contribution in [0.1, 0.15) is 37.5 Å². The van der Waals surface area contributed by atoms with Gasteiger partial charge in [0.05, 0.1) is 10.6 Å². The van der Waals surface area contributed by atoms with Crippen LogP contribution >= 0.6 is 23.2 Å². The number of sulfonamides is 1. The zero-order valence-corrected chi connectivity index (χ0v) is 28.0. The first-order chi connectivity index (χ1) is 21.3. The van der Waals surface area contributed by atoms with Crippen molar-refractivity contribution < 1.29 is 18.0 Å². The average Bonchev–Trinajstić information content (AvgIpc) is 3.00. The van der Waals surface area contributed by atoms with E-state index in [1.165, 1.54) is 17.0 Å². The summed E-state index contributed by atoms with van der Waals surface area (Å²) < 4.78 is 29.4. The molecule has 0 saturated heterocycles. The summed E-state index contributed by atoms with van der Waals surface area (Å²) in [6, 6.07) is 28.3. The first-order valence-corrected chi connectivity index (χ1v) is 16.7. The maximum absolute atomic E-state index is 14.6. The Kier molecular flexibility index (Phi) is 11.0. The highest BCUT2D eigenvalue weighted by molar-refractivity contribution is 7.92. The van der Waals surface area contributed by atoms with Gasteiger partial charge in [0, 0.05) is 28.5 Å². The van der Waals surface area contributed by atoms with Crippen LogP contribution in [0.4, 0.5) is 5.69 Å². The number of nitrogens with one attached hydrogen (secondary N) is 1. The Balaban J connectivity index is 1.84. The minimum Gasteiger partial charge on any atom is -0.350 e. The molecule has 0 unspecified atom stereocenters. The summed E-state index contributed by atoms with van der Waals surface area (Å²) in [4.78, 5) is 30.0. The molecule has 0 radical (unpaired) electrons. The predicted octanol–water partition coefficient (Wildman–Crippen LogP) is 7.05. The van der Waals surface area contributed by atoms with Crippen LogP contribution in [0, 0.1) is 6.92 Å². The molecule has 0 heterocycles. The van der Waals surface area contributed by atoms with Gasteiger partial charge in [-0.15, -0.1) is 0 Å². The molecule has 4 aromatic rings. The van der Waals surface area contributed by atoms with Gasteiger partial charge in [-0.25, -0.2) is 8.42 Å². The Morgan fingerprint density at radius 2 is 1.40 bits per heavy atom. The smallest absolute Gasteiger partial charge is 0.264 e. The first kappa shape index (κ1) is 34.0. The molecule has 0 aromatic heterocycles. The lowest BCUT2D eigenvalue weighted by Crippen LogP contribution is -2.56. The summed E-state index contributed by atoms with van der Waals surface area (Å²) in [5.74, 6) is -0.918. The molecule has 45 heavy (non-hydrogen) atoms. The second-order valence-electron chi connectivity index (χ2n) is 11.8. The van der Waals surface area contributed by atoms with Crippen molar-refractivity contribution in [3.8, 4) is 0 Å². The number of benzene rings is 4. The number of nitrogens with zero attached hydrogens (tertiary/aromatic N) is 2. The average molecular weight is 667 g/mol. The highest BCUT2D eigenvalue weighted by atomic mass is 35.5. The zero-order valence-electron chi connectivity index (χ0n) is 25.7. The van der Waals surface area contributed by atoms with Crippen molar-refractivity contribution in [1.29, 1.82) is 0 Å². The van der Waals surface area contributed by atoms with Crippen LogP contribution in [0.5, 0.6) is 0 Å². The van der Waals surface area contributed by atoms with Crippen LogP contribution in [-0.4, -0.2) is 43.3 Å². The molecule has 0 spiro atoms. The van der Waals surface area contributed by atoms with E-state index in [4.69, 9.17) is 23.2 Å². The molecule has 0 fully saturated rings. The number of halogens is 2. The van der Waals surface area contributed by atoms with Gasteiger partial charge in [-0.05, 0) is 80.8 Å². The van der Waals surface area contributed by atoms with Crippen molar-refractivity contribution in [3.63, 3.8) is 0 Å². The molecule has 2 amide bonds. The molecule has 4 rings (SSSR count). The fourth-order valence-electron chi connectivity index (χ4n) is 4.89. The van der Waals surface area contributed by atoms with Crippen LogP contribution in [0.2, 0.25) is 10.0 Å². The van der Waals surface area contributed by atoms with E-state index in [1.807, 2.05) is 51.1 Å². The quantitative estimate of drug-likeness (QED) is 0.186. The Morgan fingerprint density at radius 1 is 0.800 bits per heavy atom. The maximum Gasteiger partial charge on any atom is 0.264 e. The van der Waals surface area contributed by atoms with E-state index >= 15 is 0 Å². The molecule has 7 nitrogen and oxygen atoms in total. The summed E-state index contributed by atoms with van der Waals surface area (Å²) in [7, 11) is -4.22. The van der Waals surface area contributed by atoms with Gasteiger partial charge < -0.3 is 10.2 Å². The van der Waals surface area contributed by atoms with Crippen LogP contribution in [0.15, 0.2) is 108 Å². The second-order valence-corrected chi connectivity index (χ2v) is 14.5. The molecule has 10 heteroatoms. The number of carbonyl (C=O) groups is 2. The van der Waals surface area contributed by atoms with Gasteiger partial charge in [0.2, 0.25) is 11.8 Å². The number of hydrogen-bond donors (Lipinski definition) is 1. The van der Waals surface area contributed by atoms with Gasteiger partial charge in [-0.2, -0.15) is 0 Å². The Labute approximate surface area is 275 Å². The van der Waals surface area contributed by atoms with Crippen LogP contribution in [0.3, 0.4) is 0 Å². The topological polar surface area (TPSA) is 86.8 Å². The fourth-order valence-corrected chi connectivity index (χ4v) is 6.68. The molecule has 0 bridgehead atoms. The van der Waals surface area contributed by atoms with Gasteiger partial charge in [0.1, 0.15) is 12.6 Å². The summed E-state index contributed by atoms with van der Waals surface area (Å²) in [6.07, 6.45) is 0.212. The van der Waals surface area contributed by atoms with Gasteiger partial charge in [0.15, 0.2) is 0 Å². The second kappa shape index (κ2) is 14.5. The van der Waals surface area contributed by atoms with Crippen LogP contribution in [0.25, 0.3) is 0 Å². The van der Waals surface area contributed by atoms with E-state index in [0.717, 1.165) is 15.4 Å². The standard InChI is InChI=1S/C35H37Cl2N3O4S/c1-25-30(37)16-11-17-31(25)40(45(43,44)29-14-9-6-10-15-29)24-33(41)39(23-27-18-20-28(36)21-19-27)32(34(42)38-35(2,3)4)22-26-12-7-5-8-13-26/h5-21,32H,22-24H2,1-4H3,(H,38,42)/t32-/m1/s1. The number of rotatable bonds is 11. The van der Waals surface area contributed by atoms with Crippen molar-refractivity contribution in [2.24, 2.45) is 0 Å². The third-order valence-electron chi connectivity index (χ3n) is 7.15. The molecule has 0 saturated carbocycles. The summed E-state index contributed by atoms with van der Waals surface area (Å²) in [6.45, 7) is 6.78. The number of amides is 2. The monoisotopic (exact) mass is 665 g/mol. The molecule has 0 aliphatic carbocycles. The number of carbonyl (C=O) groups excluding carboxylic acids is 2. The lowest BCUT2D eigenvalue weighted by molar-refractivity contribution is -0.140. The highest BCUT2D eigenvalue weighted by Gasteiger charge is 2.36.